The van der Waals surface area contributed by atoms with Crippen LogP contribution in [-0.4, -0.2) is 22.0 Å². The summed E-state index contributed by atoms with van der Waals surface area (Å²) in [6.07, 6.45) is 6.00. The smallest absolute Gasteiger partial charge is 0.223 e. The van der Waals surface area contributed by atoms with Crippen molar-refractivity contribution in [3.63, 3.8) is 0 Å². The lowest BCUT2D eigenvalue weighted by Crippen LogP contribution is -2.44. The van der Waals surface area contributed by atoms with Crippen molar-refractivity contribution in [2.75, 3.05) is 0 Å². The zero-order chi connectivity index (χ0) is 13.4. The summed E-state index contributed by atoms with van der Waals surface area (Å²) in [6, 6.07) is 1.92. The molecule has 0 saturated heterocycles. The first-order valence-corrected chi connectivity index (χ1v) is 6.79. The molecule has 1 aromatic rings. The van der Waals surface area contributed by atoms with Crippen molar-refractivity contribution in [2.24, 2.45) is 23.5 Å². The first kappa shape index (κ1) is 12.4. The maximum Gasteiger partial charge on any atom is 0.223 e. The van der Waals surface area contributed by atoms with Gasteiger partial charge in [0.2, 0.25) is 5.91 Å². The van der Waals surface area contributed by atoms with Crippen LogP contribution in [0.15, 0.2) is 18.5 Å². The first-order chi connectivity index (χ1) is 9.13. The lowest BCUT2D eigenvalue weighted by molar-refractivity contribution is -0.125. The minimum atomic E-state index is 0.102. The van der Waals surface area contributed by atoms with Gasteiger partial charge in [-0.15, -0.1) is 0 Å². The minimum absolute atomic E-state index is 0.102. The molecule has 1 amide bonds. The van der Waals surface area contributed by atoms with Gasteiger partial charge in [-0.05, 0) is 42.7 Å². The number of hydrogen-bond acceptors (Lipinski definition) is 4. The van der Waals surface area contributed by atoms with Crippen molar-refractivity contribution in [3.8, 4) is 5.75 Å². The predicted molar refractivity (Wildman–Crippen MR) is 70.0 cm³/mol. The monoisotopic (exact) mass is 261 g/mol. The van der Waals surface area contributed by atoms with Crippen LogP contribution >= 0.6 is 0 Å². The molecule has 5 nitrogen and oxygen atoms in total. The number of pyridine rings is 1. The van der Waals surface area contributed by atoms with Crippen LogP contribution in [0.3, 0.4) is 0 Å². The second-order valence-electron chi connectivity index (χ2n) is 5.76. The maximum absolute atomic E-state index is 12.1. The molecule has 3 rings (SSSR count). The van der Waals surface area contributed by atoms with Crippen LogP contribution in [0.2, 0.25) is 0 Å². The number of carbonyl (C=O) groups excluding carboxylic acids is 1. The van der Waals surface area contributed by atoms with Gasteiger partial charge in [0.15, 0.2) is 0 Å². The number of nitrogens with one attached hydrogen (secondary N) is 1. The molecule has 2 saturated carbocycles. The molecule has 4 atom stereocenters. The second-order valence-corrected chi connectivity index (χ2v) is 5.76. The predicted octanol–water partition coefficient (Wildman–Crippen LogP) is 0.777. The van der Waals surface area contributed by atoms with Gasteiger partial charge < -0.3 is 16.2 Å². The Hall–Kier alpha value is -1.62. The van der Waals surface area contributed by atoms with E-state index in [1.54, 1.807) is 12.3 Å². The van der Waals surface area contributed by atoms with E-state index >= 15 is 0 Å². The summed E-state index contributed by atoms with van der Waals surface area (Å²) in [4.78, 5) is 16.0. The Morgan fingerprint density at radius 1 is 1.42 bits per heavy atom. The molecule has 102 valence electrons. The van der Waals surface area contributed by atoms with Crippen molar-refractivity contribution in [3.05, 3.63) is 24.0 Å². The average molecular weight is 261 g/mol. The summed E-state index contributed by atoms with van der Waals surface area (Å²) < 4.78 is 0. The Labute approximate surface area is 112 Å². The van der Waals surface area contributed by atoms with E-state index in [4.69, 9.17) is 5.73 Å². The fourth-order valence-corrected chi connectivity index (χ4v) is 3.40. The third-order valence-corrected chi connectivity index (χ3v) is 4.49. The van der Waals surface area contributed by atoms with E-state index in [9.17, 15) is 9.90 Å². The molecule has 1 heterocycles. The van der Waals surface area contributed by atoms with Gasteiger partial charge in [0, 0.05) is 24.7 Å². The topological polar surface area (TPSA) is 88.2 Å². The summed E-state index contributed by atoms with van der Waals surface area (Å²) in [5.74, 6) is 1.54. The van der Waals surface area contributed by atoms with Crippen molar-refractivity contribution in [1.29, 1.82) is 0 Å². The van der Waals surface area contributed by atoms with Gasteiger partial charge >= 0.3 is 0 Å². The molecular weight excluding hydrogens is 242 g/mol. The second kappa shape index (κ2) is 4.81. The van der Waals surface area contributed by atoms with Gasteiger partial charge in [-0.1, -0.05) is 0 Å². The van der Waals surface area contributed by atoms with E-state index < -0.39 is 0 Å². The Balaban J connectivity index is 1.52. The number of fused-ring (bicyclic) bond motifs is 1. The number of aromatic hydroxyl groups is 1. The highest BCUT2D eigenvalue weighted by molar-refractivity contribution is 5.79. The van der Waals surface area contributed by atoms with Crippen LogP contribution < -0.4 is 11.1 Å². The third-order valence-electron chi connectivity index (χ3n) is 4.49. The van der Waals surface area contributed by atoms with Gasteiger partial charge in [-0.25, -0.2) is 0 Å². The van der Waals surface area contributed by atoms with Crippen molar-refractivity contribution < 1.29 is 9.90 Å². The fraction of sp³-hybridized carbons (Fsp3) is 0.571. The number of aromatic nitrogens is 1. The molecule has 1 aromatic heterocycles. The van der Waals surface area contributed by atoms with Gasteiger partial charge in [0.1, 0.15) is 5.75 Å². The van der Waals surface area contributed by atoms with Crippen molar-refractivity contribution in [2.45, 2.75) is 31.8 Å². The third kappa shape index (κ3) is 2.42. The SMILES string of the molecule is N[C@@H]1C[C@@H]2CC(C(=O)NCc3cncc(O)c3)C[C@@H]21. The van der Waals surface area contributed by atoms with Gasteiger partial charge in [-0.2, -0.15) is 0 Å². The summed E-state index contributed by atoms with van der Waals surface area (Å²) in [7, 11) is 0. The molecule has 2 fully saturated rings. The number of nitrogens with two attached hydrogens (primary N) is 1. The Morgan fingerprint density at radius 2 is 2.26 bits per heavy atom. The van der Waals surface area contributed by atoms with Crippen LogP contribution in [0.5, 0.6) is 5.75 Å². The Bertz CT molecular complexity index is 491. The van der Waals surface area contributed by atoms with Gasteiger partial charge in [-0.3, -0.25) is 9.78 Å². The van der Waals surface area contributed by atoms with E-state index in [0.717, 1.165) is 24.8 Å². The summed E-state index contributed by atoms with van der Waals surface area (Å²) >= 11 is 0. The lowest BCUT2D eigenvalue weighted by Gasteiger charge is -2.37. The Morgan fingerprint density at radius 3 is 2.95 bits per heavy atom. The molecule has 5 heteroatoms. The standard InChI is InChI=1S/C14H19N3O2/c15-13-4-9-2-10(3-12(9)13)14(19)17-6-8-1-11(18)7-16-5-8/h1,5,7,9-10,12-13,18H,2-4,6,15H2,(H,17,19)/t9-,10?,12-,13+/m0/s1. The molecule has 1 unspecified atom stereocenters. The minimum Gasteiger partial charge on any atom is -0.506 e. The molecular formula is C14H19N3O2. The van der Waals surface area contributed by atoms with Crippen LogP contribution in [0.25, 0.3) is 0 Å². The van der Waals surface area contributed by atoms with Crippen LogP contribution in [0.1, 0.15) is 24.8 Å². The zero-order valence-corrected chi connectivity index (χ0v) is 10.7. The molecule has 0 radical (unpaired) electrons. The Kier molecular flexibility index (Phi) is 3.14. The largest absolute Gasteiger partial charge is 0.506 e. The molecule has 4 N–H and O–H groups in total. The fourth-order valence-electron chi connectivity index (χ4n) is 3.40. The highest BCUT2D eigenvalue weighted by atomic mass is 16.3. The summed E-state index contributed by atoms with van der Waals surface area (Å²) in [5.41, 5.74) is 6.75. The van der Waals surface area contributed by atoms with Crippen molar-refractivity contribution in [1.82, 2.24) is 10.3 Å². The number of rotatable bonds is 3. The van der Waals surface area contributed by atoms with Crippen LogP contribution in [0, 0.1) is 17.8 Å². The summed E-state index contributed by atoms with van der Waals surface area (Å²) in [5, 5.41) is 12.2. The molecule has 0 aliphatic heterocycles. The highest BCUT2D eigenvalue weighted by Crippen LogP contribution is 2.48. The van der Waals surface area contributed by atoms with Gasteiger partial charge in [0.05, 0.1) is 6.20 Å². The van der Waals surface area contributed by atoms with E-state index in [2.05, 4.69) is 10.3 Å². The van der Waals surface area contributed by atoms with Crippen LogP contribution in [0.4, 0.5) is 0 Å². The molecule has 0 bridgehead atoms. The molecule has 2 aliphatic carbocycles. The molecule has 0 spiro atoms. The number of amides is 1. The molecule has 19 heavy (non-hydrogen) atoms. The number of hydrogen-bond donors (Lipinski definition) is 3. The number of carbonyl (C=O) groups is 1. The van der Waals surface area contributed by atoms with Crippen LogP contribution in [-0.2, 0) is 11.3 Å². The van der Waals surface area contributed by atoms with E-state index in [1.807, 2.05) is 0 Å². The first-order valence-electron chi connectivity index (χ1n) is 6.79. The van der Waals surface area contributed by atoms with E-state index in [-0.39, 0.29) is 17.6 Å². The lowest BCUT2D eigenvalue weighted by atomic mass is 9.72. The summed E-state index contributed by atoms with van der Waals surface area (Å²) in [6.45, 7) is 0.415. The van der Waals surface area contributed by atoms with E-state index in [0.29, 0.717) is 24.4 Å². The highest BCUT2D eigenvalue weighted by Gasteiger charge is 2.47. The number of nitrogens with zero attached hydrogens (tertiary/aromatic N) is 1. The zero-order valence-electron chi connectivity index (χ0n) is 10.7. The molecule has 2 aliphatic rings. The van der Waals surface area contributed by atoms with E-state index in [1.165, 1.54) is 6.20 Å². The molecule has 0 aromatic carbocycles. The van der Waals surface area contributed by atoms with Gasteiger partial charge in [0.25, 0.3) is 0 Å². The average Bonchev–Trinajstić information content (AvgIpc) is 2.73. The van der Waals surface area contributed by atoms with Crippen molar-refractivity contribution >= 4 is 5.91 Å². The quantitative estimate of drug-likeness (QED) is 0.750. The normalized spacial score (nSPS) is 32.5. The maximum atomic E-state index is 12.1.